The molecule has 1 amide bonds. The van der Waals surface area contributed by atoms with Gasteiger partial charge >= 0.3 is 6.09 Å². The molecule has 7 heteroatoms. The van der Waals surface area contributed by atoms with E-state index in [1.807, 2.05) is 31.2 Å². The van der Waals surface area contributed by atoms with Gasteiger partial charge in [-0.3, -0.25) is 0 Å². The highest BCUT2D eigenvalue weighted by atomic mass is 35.5. The van der Waals surface area contributed by atoms with Crippen LogP contribution in [0.1, 0.15) is 5.56 Å². The van der Waals surface area contributed by atoms with Crippen molar-refractivity contribution < 1.29 is 19.4 Å². The predicted octanol–water partition coefficient (Wildman–Crippen LogP) is 0.841. The zero-order valence-corrected chi connectivity index (χ0v) is 12.2. The lowest BCUT2D eigenvalue weighted by Crippen LogP contribution is -2.33. The van der Waals surface area contributed by atoms with E-state index in [4.69, 9.17) is 15.2 Å². The molecule has 1 unspecified atom stereocenters. The predicted molar refractivity (Wildman–Crippen MR) is 78.3 cm³/mol. The van der Waals surface area contributed by atoms with Crippen LogP contribution in [-0.2, 0) is 4.74 Å². The maximum Gasteiger partial charge on any atom is 0.407 e. The van der Waals surface area contributed by atoms with Crippen molar-refractivity contribution in [3.63, 3.8) is 0 Å². The number of carbonyl (C=O) groups excluding carboxylic acids is 1. The van der Waals surface area contributed by atoms with Gasteiger partial charge in [0, 0.05) is 13.1 Å². The van der Waals surface area contributed by atoms with E-state index >= 15 is 0 Å². The molecule has 4 N–H and O–H groups in total. The fourth-order valence-electron chi connectivity index (χ4n) is 1.35. The molecule has 6 nitrogen and oxygen atoms in total. The summed E-state index contributed by atoms with van der Waals surface area (Å²) in [4.78, 5) is 11.1. The first-order valence-electron chi connectivity index (χ1n) is 6.10. The maximum atomic E-state index is 11.1. The molecule has 0 bridgehead atoms. The average molecular weight is 305 g/mol. The van der Waals surface area contributed by atoms with Crippen molar-refractivity contribution >= 4 is 18.5 Å². The van der Waals surface area contributed by atoms with Crippen LogP contribution in [0.4, 0.5) is 4.79 Å². The topological polar surface area (TPSA) is 93.8 Å². The van der Waals surface area contributed by atoms with Gasteiger partial charge in [-0.2, -0.15) is 0 Å². The average Bonchev–Trinajstić information content (AvgIpc) is 2.42. The Morgan fingerprint density at radius 3 is 2.75 bits per heavy atom. The van der Waals surface area contributed by atoms with E-state index in [1.165, 1.54) is 0 Å². The largest absolute Gasteiger partial charge is 0.490 e. The first kappa shape index (κ1) is 18.5. The number of rotatable bonds is 7. The number of nitrogens with one attached hydrogen (secondary N) is 1. The Balaban J connectivity index is 0.00000361. The molecule has 0 aliphatic rings. The van der Waals surface area contributed by atoms with Crippen molar-refractivity contribution in [2.24, 2.45) is 5.73 Å². The number of amides is 1. The highest BCUT2D eigenvalue weighted by Crippen LogP contribution is 2.16. The van der Waals surface area contributed by atoms with Crippen LogP contribution in [0, 0.1) is 6.92 Å². The van der Waals surface area contributed by atoms with E-state index < -0.39 is 12.2 Å². The van der Waals surface area contributed by atoms with Gasteiger partial charge in [0.1, 0.15) is 25.1 Å². The molecule has 0 heterocycles. The van der Waals surface area contributed by atoms with E-state index in [9.17, 15) is 9.90 Å². The Morgan fingerprint density at radius 1 is 1.40 bits per heavy atom. The van der Waals surface area contributed by atoms with Crippen LogP contribution in [-0.4, -0.2) is 43.6 Å². The fourth-order valence-corrected chi connectivity index (χ4v) is 1.35. The Bertz CT molecular complexity index is 404. The van der Waals surface area contributed by atoms with Gasteiger partial charge in [-0.1, -0.05) is 18.2 Å². The molecular weight excluding hydrogens is 284 g/mol. The smallest absolute Gasteiger partial charge is 0.407 e. The lowest BCUT2D eigenvalue weighted by molar-refractivity contribution is 0.0389. The van der Waals surface area contributed by atoms with Crippen molar-refractivity contribution in [2.45, 2.75) is 13.0 Å². The van der Waals surface area contributed by atoms with Crippen LogP contribution in [0.25, 0.3) is 0 Å². The van der Waals surface area contributed by atoms with Crippen LogP contribution >= 0.6 is 12.4 Å². The van der Waals surface area contributed by atoms with Crippen LogP contribution in [0.5, 0.6) is 5.75 Å². The molecule has 0 spiro atoms. The number of nitrogens with two attached hydrogens (primary N) is 1. The second kappa shape index (κ2) is 10.3. The van der Waals surface area contributed by atoms with Crippen LogP contribution in [0.15, 0.2) is 24.3 Å². The van der Waals surface area contributed by atoms with Gasteiger partial charge in [-0.25, -0.2) is 4.79 Å². The standard InChI is InChI=1S/C13H20N2O4.ClH/c1-10-4-2-3-5-12(10)18-8-11(16)9-19-13(17)15-7-6-14;/h2-5,11,16H,6-9,14H2,1H3,(H,15,17);1H. The van der Waals surface area contributed by atoms with Gasteiger partial charge in [0.05, 0.1) is 0 Å². The monoisotopic (exact) mass is 304 g/mol. The van der Waals surface area contributed by atoms with Crippen molar-refractivity contribution in [3.05, 3.63) is 29.8 Å². The summed E-state index contributed by atoms with van der Waals surface area (Å²) in [6, 6.07) is 7.49. The van der Waals surface area contributed by atoms with E-state index in [1.54, 1.807) is 0 Å². The molecule has 1 rings (SSSR count). The minimum Gasteiger partial charge on any atom is -0.490 e. The number of ether oxygens (including phenoxy) is 2. The maximum absolute atomic E-state index is 11.1. The summed E-state index contributed by atoms with van der Waals surface area (Å²) >= 11 is 0. The highest BCUT2D eigenvalue weighted by molar-refractivity contribution is 5.85. The minimum absolute atomic E-state index is 0. The molecule has 0 aromatic heterocycles. The summed E-state index contributed by atoms with van der Waals surface area (Å²) in [5.74, 6) is 0.703. The Labute approximate surface area is 124 Å². The van der Waals surface area contributed by atoms with Crippen LogP contribution in [0.3, 0.4) is 0 Å². The Morgan fingerprint density at radius 2 is 2.10 bits per heavy atom. The molecule has 0 saturated heterocycles. The van der Waals surface area contributed by atoms with Crippen molar-refractivity contribution in [2.75, 3.05) is 26.3 Å². The molecule has 0 aliphatic carbocycles. The third-order valence-corrected chi connectivity index (χ3v) is 2.35. The number of aliphatic hydroxyl groups is 1. The number of para-hydroxylation sites is 1. The van der Waals surface area contributed by atoms with Gasteiger partial charge in [0.25, 0.3) is 0 Å². The minimum atomic E-state index is -0.872. The molecule has 20 heavy (non-hydrogen) atoms. The summed E-state index contributed by atoms with van der Waals surface area (Å²) in [5.41, 5.74) is 6.20. The Hall–Kier alpha value is -1.50. The third-order valence-electron chi connectivity index (χ3n) is 2.35. The molecule has 0 fully saturated rings. The van der Waals surface area contributed by atoms with Gasteiger partial charge in [-0.15, -0.1) is 12.4 Å². The molecule has 1 atom stereocenters. The number of carbonyl (C=O) groups is 1. The molecule has 114 valence electrons. The molecule has 1 aromatic rings. The molecular formula is C13H21ClN2O4. The molecule has 0 saturated carbocycles. The fraction of sp³-hybridized carbons (Fsp3) is 0.462. The molecule has 0 radical (unpaired) electrons. The third kappa shape index (κ3) is 7.18. The summed E-state index contributed by atoms with van der Waals surface area (Å²) < 4.78 is 10.2. The number of halogens is 1. The lowest BCUT2D eigenvalue weighted by Gasteiger charge is -2.14. The summed E-state index contributed by atoms with van der Waals surface area (Å²) in [7, 11) is 0. The summed E-state index contributed by atoms with van der Waals surface area (Å²) in [6.45, 7) is 2.54. The van der Waals surface area contributed by atoms with Gasteiger partial charge < -0.3 is 25.6 Å². The van der Waals surface area contributed by atoms with E-state index in [-0.39, 0.29) is 25.6 Å². The molecule has 0 aliphatic heterocycles. The van der Waals surface area contributed by atoms with Crippen LogP contribution < -0.4 is 15.8 Å². The summed E-state index contributed by atoms with van der Waals surface area (Å²) in [5, 5.41) is 12.1. The quantitative estimate of drug-likeness (QED) is 0.694. The number of benzene rings is 1. The number of hydrogen-bond acceptors (Lipinski definition) is 5. The lowest BCUT2D eigenvalue weighted by atomic mass is 10.2. The Kier molecular flexibility index (Phi) is 9.53. The second-order valence-electron chi connectivity index (χ2n) is 4.04. The SMILES string of the molecule is Cc1ccccc1OCC(O)COC(=O)NCCN.Cl. The zero-order chi connectivity index (χ0) is 14.1. The van der Waals surface area contributed by atoms with Crippen molar-refractivity contribution in [1.82, 2.24) is 5.32 Å². The van der Waals surface area contributed by atoms with Crippen molar-refractivity contribution in [3.8, 4) is 5.75 Å². The van der Waals surface area contributed by atoms with Gasteiger partial charge in [0.15, 0.2) is 0 Å². The number of aliphatic hydroxyl groups excluding tert-OH is 1. The highest BCUT2D eigenvalue weighted by Gasteiger charge is 2.09. The van der Waals surface area contributed by atoms with E-state index in [0.29, 0.717) is 18.8 Å². The van der Waals surface area contributed by atoms with Crippen LogP contribution in [0.2, 0.25) is 0 Å². The summed E-state index contributed by atoms with van der Waals surface area (Å²) in [6.07, 6.45) is -1.47. The first-order chi connectivity index (χ1) is 9.13. The number of alkyl carbamates (subject to hydrolysis) is 1. The number of hydrogen-bond donors (Lipinski definition) is 3. The second-order valence-corrected chi connectivity index (χ2v) is 4.04. The molecule has 1 aromatic carbocycles. The van der Waals surface area contributed by atoms with Gasteiger partial charge in [-0.05, 0) is 18.6 Å². The zero-order valence-electron chi connectivity index (χ0n) is 11.4. The van der Waals surface area contributed by atoms with E-state index in [0.717, 1.165) is 5.56 Å². The van der Waals surface area contributed by atoms with Crippen molar-refractivity contribution in [1.29, 1.82) is 0 Å². The first-order valence-corrected chi connectivity index (χ1v) is 6.10. The van der Waals surface area contributed by atoms with E-state index in [2.05, 4.69) is 5.32 Å². The number of aryl methyl sites for hydroxylation is 1. The normalized spacial score (nSPS) is 11.2. The van der Waals surface area contributed by atoms with Gasteiger partial charge in [0.2, 0.25) is 0 Å².